The molecule has 0 bridgehead atoms. The van der Waals surface area contributed by atoms with Crippen LogP contribution in [0.15, 0.2) is 24.3 Å². The number of benzene rings is 1. The maximum Gasteiger partial charge on any atom is 0.112 e. The molecule has 76 valence electrons. The van der Waals surface area contributed by atoms with Crippen molar-refractivity contribution in [1.29, 1.82) is 0 Å². The lowest BCUT2D eigenvalue weighted by molar-refractivity contribution is 0.243. The molecule has 0 amide bonds. The quantitative estimate of drug-likeness (QED) is 0.733. The van der Waals surface area contributed by atoms with Crippen LogP contribution in [-0.2, 0) is 0 Å². The third-order valence-electron chi connectivity index (χ3n) is 2.71. The van der Waals surface area contributed by atoms with Crippen LogP contribution in [0.4, 0.5) is 0 Å². The number of rotatable bonds is 1. The van der Waals surface area contributed by atoms with Gasteiger partial charge in [0.2, 0.25) is 0 Å². The summed E-state index contributed by atoms with van der Waals surface area (Å²) in [6.07, 6.45) is -0.0457. The first-order valence-corrected chi connectivity index (χ1v) is 5.02. The minimum atomic E-state index is -0.0457. The summed E-state index contributed by atoms with van der Waals surface area (Å²) < 4.78 is 0. The molecule has 14 heavy (non-hydrogen) atoms. The SMILES string of the molecule is CN1C(N)NCC1c1ccc(Cl)cc1. The number of nitrogens with zero attached hydrogens (tertiary/aromatic N) is 1. The van der Waals surface area contributed by atoms with E-state index in [1.807, 2.05) is 31.3 Å². The monoisotopic (exact) mass is 211 g/mol. The normalized spacial score (nSPS) is 28.2. The largest absolute Gasteiger partial charge is 0.303 e. The zero-order chi connectivity index (χ0) is 10.1. The lowest BCUT2D eigenvalue weighted by atomic mass is 10.1. The molecule has 0 radical (unpaired) electrons. The number of nitrogens with two attached hydrogens (primary N) is 1. The van der Waals surface area contributed by atoms with E-state index in [0.717, 1.165) is 11.6 Å². The van der Waals surface area contributed by atoms with Crippen LogP contribution in [0.25, 0.3) is 0 Å². The van der Waals surface area contributed by atoms with Crippen molar-refractivity contribution in [2.45, 2.75) is 12.3 Å². The fraction of sp³-hybridized carbons (Fsp3) is 0.400. The maximum atomic E-state index is 5.83. The van der Waals surface area contributed by atoms with E-state index in [-0.39, 0.29) is 6.29 Å². The number of halogens is 1. The van der Waals surface area contributed by atoms with Gasteiger partial charge in [-0.3, -0.25) is 10.2 Å². The zero-order valence-electron chi connectivity index (χ0n) is 8.07. The van der Waals surface area contributed by atoms with Gasteiger partial charge in [-0.2, -0.15) is 0 Å². The van der Waals surface area contributed by atoms with Crippen LogP contribution in [0.2, 0.25) is 5.02 Å². The van der Waals surface area contributed by atoms with E-state index in [4.69, 9.17) is 17.3 Å². The van der Waals surface area contributed by atoms with E-state index in [2.05, 4.69) is 10.2 Å². The number of hydrogen-bond acceptors (Lipinski definition) is 3. The molecule has 0 aromatic heterocycles. The van der Waals surface area contributed by atoms with Gasteiger partial charge in [0.05, 0.1) is 0 Å². The van der Waals surface area contributed by atoms with Gasteiger partial charge in [0.25, 0.3) is 0 Å². The van der Waals surface area contributed by atoms with Gasteiger partial charge in [-0.25, -0.2) is 0 Å². The maximum absolute atomic E-state index is 5.83. The molecule has 1 aromatic rings. The average Bonchev–Trinajstić information content (AvgIpc) is 2.50. The van der Waals surface area contributed by atoms with E-state index < -0.39 is 0 Å². The van der Waals surface area contributed by atoms with Crippen LogP contribution in [0.5, 0.6) is 0 Å². The minimum Gasteiger partial charge on any atom is -0.303 e. The van der Waals surface area contributed by atoms with Crippen LogP contribution < -0.4 is 11.1 Å². The Labute approximate surface area is 88.8 Å². The van der Waals surface area contributed by atoms with Crippen molar-refractivity contribution in [1.82, 2.24) is 10.2 Å². The number of likely N-dealkylation sites (N-methyl/N-ethyl adjacent to an activating group) is 1. The average molecular weight is 212 g/mol. The van der Waals surface area contributed by atoms with Gasteiger partial charge in [0.15, 0.2) is 0 Å². The molecule has 2 atom stereocenters. The van der Waals surface area contributed by atoms with E-state index in [0.29, 0.717) is 6.04 Å². The summed E-state index contributed by atoms with van der Waals surface area (Å²) >= 11 is 5.83. The van der Waals surface area contributed by atoms with Crippen LogP contribution in [0, 0.1) is 0 Å². The Balaban J connectivity index is 2.19. The molecule has 0 saturated carbocycles. The van der Waals surface area contributed by atoms with E-state index in [1.165, 1.54) is 5.56 Å². The Bertz CT molecular complexity index is 312. The summed E-state index contributed by atoms with van der Waals surface area (Å²) in [5.41, 5.74) is 7.07. The van der Waals surface area contributed by atoms with Crippen LogP contribution in [0.1, 0.15) is 11.6 Å². The molecule has 3 N–H and O–H groups in total. The van der Waals surface area contributed by atoms with Crippen molar-refractivity contribution in [3.63, 3.8) is 0 Å². The molecule has 1 saturated heterocycles. The molecule has 1 aliphatic rings. The molecule has 1 aromatic carbocycles. The van der Waals surface area contributed by atoms with Crippen molar-refractivity contribution >= 4 is 11.6 Å². The zero-order valence-corrected chi connectivity index (χ0v) is 8.83. The summed E-state index contributed by atoms with van der Waals surface area (Å²) in [6.45, 7) is 0.888. The molecule has 3 nitrogen and oxygen atoms in total. The van der Waals surface area contributed by atoms with Crippen molar-refractivity contribution in [3.05, 3.63) is 34.9 Å². The third-order valence-corrected chi connectivity index (χ3v) is 2.96. The predicted octanol–water partition coefficient (Wildman–Crippen LogP) is 1.16. The molecule has 0 aliphatic carbocycles. The van der Waals surface area contributed by atoms with Gasteiger partial charge in [-0.05, 0) is 24.7 Å². The van der Waals surface area contributed by atoms with Crippen LogP contribution >= 0.6 is 11.6 Å². The number of nitrogens with one attached hydrogen (secondary N) is 1. The highest BCUT2D eigenvalue weighted by Crippen LogP contribution is 2.24. The fourth-order valence-electron chi connectivity index (χ4n) is 1.75. The summed E-state index contributed by atoms with van der Waals surface area (Å²) in [5.74, 6) is 0. The van der Waals surface area contributed by atoms with Crippen molar-refractivity contribution < 1.29 is 0 Å². The predicted molar refractivity (Wildman–Crippen MR) is 57.9 cm³/mol. The van der Waals surface area contributed by atoms with Gasteiger partial charge in [-0.15, -0.1) is 0 Å². The van der Waals surface area contributed by atoms with Crippen molar-refractivity contribution in [2.75, 3.05) is 13.6 Å². The Morgan fingerprint density at radius 1 is 1.43 bits per heavy atom. The van der Waals surface area contributed by atoms with E-state index >= 15 is 0 Å². The molecular weight excluding hydrogens is 198 g/mol. The Morgan fingerprint density at radius 2 is 2.07 bits per heavy atom. The van der Waals surface area contributed by atoms with Gasteiger partial charge in [-0.1, -0.05) is 23.7 Å². The summed E-state index contributed by atoms with van der Waals surface area (Å²) in [5, 5.41) is 3.97. The third kappa shape index (κ3) is 1.77. The molecule has 1 fully saturated rings. The smallest absolute Gasteiger partial charge is 0.112 e. The summed E-state index contributed by atoms with van der Waals surface area (Å²) in [7, 11) is 2.02. The lowest BCUT2D eigenvalue weighted by Crippen LogP contribution is -2.41. The second kappa shape index (κ2) is 3.87. The highest BCUT2D eigenvalue weighted by molar-refractivity contribution is 6.30. The molecule has 1 aliphatic heterocycles. The molecule has 1 heterocycles. The standard InChI is InChI=1S/C10H14ClN3/c1-14-9(6-13-10(14)12)7-2-4-8(11)5-3-7/h2-5,9-10,13H,6,12H2,1H3. The highest BCUT2D eigenvalue weighted by atomic mass is 35.5. The second-order valence-corrected chi connectivity index (χ2v) is 4.02. The first kappa shape index (κ1) is 9.93. The Kier molecular flexibility index (Phi) is 2.74. The number of hydrogen-bond donors (Lipinski definition) is 2. The highest BCUT2D eigenvalue weighted by Gasteiger charge is 2.27. The molecule has 0 spiro atoms. The molecule has 2 unspecified atom stereocenters. The minimum absolute atomic E-state index is 0.0457. The van der Waals surface area contributed by atoms with Crippen LogP contribution in [-0.4, -0.2) is 24.8 Å². The van der Waals surface area contributed by atoms with Gasteiger partial charge in [0.1, 0.15) is 6.29 Å². The Morgan fingerprint density at radius 3 is 2.57 bits per heavy atom. The van der Waals surface area contributed by atoms with E-state index in [9.17, 15) is 0 Å². The summed E-state index contributed by atoms with van der Waals surface area (Å²) in [6, 6.07) is 8.26. The first-order chi connectivity index (χ1) is 6.68. The lowest BCUT2D eigenvalue weighted by Gasteiger charge is -2.21. The second-order valence-electron chi connectivity index (χ2n) is 3.59. The van der Waals surface area contributed by atoms with Gasteiger partial charge >= 0.3 is 0 Å². The topological polar surface area (TPSA) is 41.3 Å². The first-order valence-electron chi connectivity index (χ1n) is 4.65. The van der Waals surface area contributed by atoms with Gasteiger partial charge in [0, 0.05) is 17.6 Å². The van der Waals surface area contributed by atoms with E-state index in [1.54, 1.807) is 0 Å². The molecule has 2 rings (SSSR count). The van der Waals surface area contributed by atoms with Crippen molar-refractivity contribution in [2.24, 2.45) is 5.73 Å². The van der Waals surface area contributed by atoms with Crippen molar-refractivity contribution in [3.8, 4) is 0 Å². The van der Waals surface area contributed by atoms with Gasteiger partial charge < -0.3 is 5.73 Å². The summed E-state index contributed by atoms with van der Waals surface area (Å²) in [4.78, 5) is 2.11. The molecule has 4 heteroatoms. The van der Waals surface area contributed by atoms with Crippen LogP contribution in [0.3, 0.4) is 0 Å². The fourth-order valence-corrected chi connectivity index (χ4v) is 1.88. The molecular formula is C10H14ClN3. The Hall–Kier alpha value is -0.610.